The van der Waals surface area contributed by atoms with Gasteiger partial charge in [0.2, 0.25) is 0 Å². The summed E-state index contributed by atoms with van der Waals surface area (Å²) in [5.74, 6) is 1.55. The zero-order chi connectivity index (χ0) is 13.9. The molecule has 2 N–H and O–H groups in total. The Labute approximate surface area is 145 Å². The molecular formula is C17H26IN3. The number of nitrogens with zero attached hydrogens (tertiary/aromatic N) is 2. The standard InChI is InChI=1S/C17H25N3.HI/c1-13-7-9-20(10-8-13)17(18)19-12-14-5-6-15-3-2-4-16(15)11-14;/h5-6,11,13H,2-4,7-10,12H2,1H3,(H2,18,19);1H. The Bertz CT molecular complexity index is 505. The lowest BCUT2D eigenvalue weighted by Gasteiger charge is -2.31. The fourth-order valence-electron chi connectivity index (χ4n) is 3.23. The fourth-order valence-corrected chi connectivity index (χ4v) is 3.23. The molecule has 0 radical (unpaired) electrons. The van der Waals surface area contributed by atoms with Gasteiger partial charge in [0.05, 0.1) is 6.54 Å². The molecule has 116 valence electrons. The van der Waals surface area contributed by atoms with E-state index in [1.165, 1.54) is 48.8 Å². The number of rotatable bonds is 2. The number of hydrogen-bond acceptors (Lipinski definition) is 1. The lowest BCUT2D eigenvalue weighted by molar-refractivity contribution is 0.277. The van der Waals surface area contributed by atoms with Crippen molar-refractivity contribution in [2.45, 2.75) is 45.6 Å². The second kappa shape index (κ2) is 7.47. The van der Waals surface area contributed by atoms with Gasteiger partial charge >= 0.3 is 0 Å². The summed E-state index contributed by atoms with van der Waals surface area (Å²) >= 11 is 0. The van der Waals surface area contributed by atoms with Crippen molar-refractivity contribution in [2.75, 3.05) is 13.1 Å². The summed E-state index contributed by atoms with van der Waals surface area (Å²) in [6, 6.07) is 6.79. The minimum absolute atomic E-state index is 0. The second-order valence-corrected chi connectivity index (χ2v) is 6.30. The Morgan fingerprint density at radius 1 is 1.24 bits per heavy atom. The summed E-state index contributed by atoms with van der Waals surface area (Å²) in [5, 5.41) is 0. The van der Waals surface area contributed by atoms with Crippen molar-refractivity contribution in [3.05, 3.63) is 34.9 Å². The number of aryl methyl sites for hydroxylation is 2. The summed E-state index contributed by atoms with van der Waals surface area (Å²) in [6.45, 7) is 5.14. The average molecular weight is 399 g/mol. The zero-order valence-corrected chi connectivity index (χ0v) is 15.2. The highest BCUT2D eigenvalue weighted by atomic mass is 127. The van der Waals surface area contributed by atoms with E-state index in [2.05, 4.69) is 35.0 Å². The van der Waals surface area contributed by atoms with E-state index in [9.17, 15) is 0 Å². The van der Waals surface area contributed by atoms with Crippen molar-refractivity contribution < 1.29 is 0 Å². The first-order chi connectivity index (χ1) is 9.72. The maximum atomic E-state index is 6.13. The van der Waals surface area contributed by atoms with Gasteiger partial charge in [-0.2, -0.15) is 0 Å². The molecule has 0 bridgehead atoms. The fraction of sp³-hybridized carbons (Fsp3) is 0.588. The summed E-state index contributed by atoms with van der Waals surface area (Å²) in [7, 11) is 0. The van der Waals surface area contributed by atoms with E-state index in [0.717, 1.165) is 25.0 Å². The Balaban J connectivity index is 0.00000161. The van der Waals surface area contributed by atoms with E-state index in [-0.39, 0.29) is 24.0 Å². The Kier molecular flexibility index (Phi) is 5.90. The van der Waals surface area contributed by atoms with Gasteiger partial charge in [0.1, 0.15) is 0 Å². The molecule has 1 heterocycles. The minimum Gasteiger partial charge on any atom is -0.370 e. The molecule has 0 spiro atoms. The average Bonchev–Trinajstić information content (AvgIpc) is 2.93. The van der Waals surface area contributed by atoms with Crippen LogP contribution in [0, 0.1) is 5.92 Å². The van der Waals surface area contributed by atoms with E-state index in [0.29, 0.717) is 6.54 Å². The topological polar surface area (TPSA) is 41.6 Å². The second-order valence-electron chi connectivity index (χ2n) is 6.30. The first-order valence-corrected chi connectivity index (χ1v) is 7.88. The molecule has 21 heavy (non-hydrogen) atoms. The lowest BCUT2D eigenvalue weighted by atomic mass is 10.00. The van der Waals surface area contributed by atoms with Crippen LogP contribution in [0.3, 0.4) is 0 Å². The van der Waals surface area contributed by atoms with E-state index < -0.39 is 0 Å². The normalized spacial score (nSPS) is 19.3. The smallest absolute Gasteiger partial charge is 0.191 e. The van der Waals surface area contributed by atoms with Gasteiger partial charge in [-0.05, 0) is 54.7 Å². The van der Waals surface area contributed by atoms with Crippen molar-refractivity contribution >= 4 is 29.9 Å². The van der Waals surface area contributed by atoms with E-state index >= 15 is 0 Å². The number of benzene rings is 1. The van der Waals surface area contributed by atoms with Crippen molar-refractivity contribution in [3.63, 3.8) is 0 Å². The maximum absolute atomic E-state index is 6.13. The molecule has 0 unspecified atom stereocenters. The maximum Gasteiger partial charge on any atom is 0.191 e. The van der Waals surface area contributed by atoms with Crippen LogP contribution in [0.2, 0.25) is 0 Å². The summed E-state index contributed by atoms with van der Waals surface area (Å²) in [4.78, 5) is 6.82. The Hall–Kier alpha value is -0.780. The largest absolute Gasteiger partial charge is 0.370 e. The highest BCUT2D eigenvalue weighted by molar-refractivity contribution is 14.0. The van der Waals surface area contributed by atoms with Crippen LogP contribution >= 0.6 is 24.0 Å². The highest BCUT2D eigenvalue weighted by Gasteiger charge is 2.17. The third-order valence-electron chi connectivity index (χ3n) is 4.69. The molecule has 1 aliphatic carbocycles. The van der Waals surface area contributed by atoms with Crippen LogP contribution in [-0.4, -0.2) is 23.9 Å². The van der Waals surface area contributed by atoms with E-state index in [1.54, 1.807) is 0 Å². The molecule has 4 heteroatoms. The van der Waals surface area contributed by atoms with E-state index in [4.69, 9.17) is 5.73 Å². The predicted molar refractivity (Wildman–Crippen MR) is 99.2 cm³/mol. The lowest BCUT2D eigenvalue weighted by Crippen LogP contribution is -2.42. The van der Waals surface area contributed by atoms with Crippen LogP contribution in [0.1, 0.15) is 42.9 Å². The SMILES string of the molecule is CC1CCN(C(N)=NCc2ccc3c(c2)CCC3)CC1.I. The number of guanidine groups is 1. The molecule has 1 aromatic carbocycles. The quantitative estimate of drug-likeness (QED) is 0.471. The molecule has 0 aromatic heterocycles. The number of aliphatic imine (C=N–C) groups is 1. The molecule has 3 nitrogen and oxygen atoms in total. The third-order valence-corrected chi connectivity index (χ3v) is 4.69. The number of nitrogens with two attached hydrogens (primary N) is 1. The highest BCUT2D eigenvalue weighted by Crippen LogP contribution is 2.23. The van der Waals surface area contributed by atoms with Gasteiger partial charge in [0.25, 0.3) is 0 Å². The van der Waals surface area contributed by atoms with Crippen LogP contribution in [-0.2, 0) is 19.4 Å². The van der Waals surface area contributed by atoms with Gasteiger partial charge in [0, 0.05) is 13.1 Å². The van der Waals surface area contributed by atoms with Crippen LogP contribution in [0.25, 0.3) is 0 Å². The number of halogens is 1. The number of likely N-dealkylation sites (tertiary alicyclic amines) is 1. The first kappa shape index (κ1) is 16.6. The molecule has 0 amide bonds. The van der Waals surface area contributed by atoms with Crippen LogP contribution in [0.5, 0.6) is 0 Å². The van der Waals surface area contributed by atoms with Gasteiger partial charge in [-0.25, -0.2) is 4.99 Å². The van der Waals surface area contributed by atoms with Crippen molar-refractivity contribution in [3.8, 4) is 0 Å². The monoisotopic (exact) mass is 399 g/mol. The van der Waals surface area contributed by atoms with Crippen LogP contribution < -0.4 is 5.73 Å². The predicted octanol–water partition coefficient (Wildman–Crippen LogP) is 3.34. The summed E-state index contributed by atoms with van der Waals surface area (Å²) in [6.07, 6.45) is 6.24. The van der Waals surface area contributed by atoms with Crippen molar-refractivity contribution in [1.82, 2.24) is 4.90 Å². The summed E-state index contributed by atoms with van der Waals surface area (Å²) < 4.78 is 0. The van der Waals surface area contributed by atoms with E-state index in [1.807, 2.05) is 0 Å². The van der Waals surface area contributed by atoms with Gasteiger partial charge in [0.15, 0.2) is 5.96 Å². The van der Waals surface area contributed by atoms with Crippen molar-refractivity contribution in [1.29, 1.82) is 0 Å². The van der Waals surface area contributed by atoms with Gasteiger partial charge in [-0.3, -0.25) is 0 Å². The molecule has 1 fully saturated rings. The molecule has 2 aliphatic rings. The Morgan fingerprint density at radius 2 is 1.95 bits per heavy atom. The number of hydrogen-bond donors (Lipinski definition) is 1. The zero-order valence-electron chi connectivity index (χ0n) is 12.8. The Morgan fingerprint density at radius 3 is 2.71 bits per heavy atom. The number of fused-ring (bicyclic) bond motifs is 1. The summed E-state index contributed by atoms with van der Waals surface area (Å²) in [5.41, 5.74) is 10.5. The van der Waals surface area contributed by atoms with Crippen molar-refractivity contribution in [2.24, 2.45) is 16.6 Å². The third kappa shape index (κ3) is 4.11. The van der Waals surface area contributed by atoms with Gasteiger partial charge in [-0.1, -0.05) is 25.1 Å². The molecule has 0 saturated carbocycles. The van der Waals surface area contributed by atoms with Gasteiger partial charge in [-0.15, -0.1) is 24.0 Å². The molecule has 1 aromatic rings. The first-order valence-electron chi connectivity index (χ1n) is 7.88. The molecule has 0 atom stereocenters. The van der Waals surface area contributed by atoms with Crippen LogP contribution in [0.4, 0.5) is 0 Å². The molecule has 1 saturated heterocycles. The van der Waals surface area contributed by atoms with Crippen LogP contribution in [0.15, 0.2) is 23.2 Å². The minimum atomic E-state index is 0. The molecule has 3 rings (SSSR count). The van der Waals surface area contributed by atoms with Gasteiger partial charge < -0.3 is 10.6 Å². The molecule has 1 aliphatic heterocycles. The molecular weight excluding hydrogens is 373 g/mol. The number of piperidine rings is 1.